The summed E-state index contributed by atoms with van der Waals surface area (Å²) in [6.45, 7) is 8.60. The van der Waals surface area contributed by atoms with E-state index in [1.807, 2.05) is 24.3 Å². The third-order valence-electron chi connectivity index (χ3n) is 5.02. The maximum absolute atomic E-state index is 12.5. The van der Waals surface area contributed by atoms with Crippen LogP contribution in [0.1, 0.15) is 19.4 Å². The van der Waals surface area contributed by atoms with Gasteiger partial charge < -0.3 is 10.1 Å². The molecule has 1 fully saturated rings. The number of fused-ring (bicyclic) bond motifs is 1. The monoisotopic (exact) mass is 340 g/mol. The first-order chi connectivity index (χ1) is 12.1. The van der Waals surface area contributed by atoms with Crippen LogP contribution < -0.4 is 5.32 Å². The first-order valence-corrected chi connectivity index (χ1v) is 9.20. The molecule has 0 aromatic heterocycles. The van der Waals surface area contributed by atoms with E-state index in [1.165, 1.54) is 5.39 Å². The lowest BCUT2D eigenvalue weighted by atomic mass is 10.0. The van der Waals surface area contributed by atoms with Gasteiger partial charge in [0.05, 0.1) is 19.6 Å². The smallest absolute Gasteiger partial charge is 0.224 e. The molecule has 1 atom stereocenters. The molecule has 1 aliphatic heterocycles. The summed E-state index contributed by atoms with van der Waals surface area (Å²) in [5.41, 5.74) is 1.09. The van der Waals surface area contributed by atoms with E-state index in [4.69, 9.17) is 4.74 Å². The van der Waals surface area contributed by atoms with Crippen LogP contribution in [0, 0.1) is 5.92 Å². The second-order valence-corrected chi connectivity index (χ2v) is 7.08. The molecule has 25 heavy (non-hydrogen) atoms. The van der Waals surface area contributed by atoms with Crippen molar-refractivity contribution in [3.8, 4) is 0 Å². The SMILES string of the molecule is CC(C)C(CNC(=O)Cc1cccc2ccccc12)N1CCOCC1. The Kier molecular flexibility index (Phi) is 6.05. The number of nitrogens with one attached hydrogen (secondary N) is 1. The van der Waals surface area contributed by atoms with Gasteiger partial charge in [-0.2, -0.15) is 0 Å². The van der Waals surface area contributed by atoms with Crippen LogP contribution in [0.3, 0.4) is 0 Å². The van der Waals surface area contributed by atoms with Gasteiger partial charge in [0.25, 0.3) is 0 Å². The van der Waals surface area contributed by atoms with Gasteiger partial charge in [-0.15, -0.1) is 0 Å². The summed E-state index contributed by atoms with van der Waals surface area (Å²) < 4.78 is 5.45. The van der Waals surface area contributed by atoms with Crippen LogP contribution in [0.2, 0.25) is 0 Å². The molecule has 2 aromatic rings. The standard InChI is InChI=1S/C21H28N2O2/c1-16(2)20(23-10-12-25-13-11-23)15-22-21(24)14-18-8-5-7-17-6-3-4-9-19(17)18/h3-9,16,20H,10-15H2,1-2H3,(H,22,24). The van der Waals surface area contributed by atoms with Crippen molar-refractivity contribution in [1.29, 1.82) is 0 Å². The lowest BCUT2D eigenvalue weighted by molar-refractivity contribution is -0.120. The highest BCUT2D eigenvalue weighted by Gasteiger charge is 2.24. The molecule has 2 aromatic carbocycles. The van der Waals surface area contributed by atoms with Crippen molar-refractivity contribution in [2.75, 3.05) is 32.8 Å². The van der Waals surface area contributed by atoms with Gasteiger partial charge in [-0.05, 0) is 22.3 Å². The average molecular weight is 340 g/mol. The normalized spacial score (nSPS) is 16.9. The van der Waals surface area contributed by atoms with Gasteiger partial charge in [-0.25, -0.2) is 0 Å². The second-order valence-electron chi connectivity index (χ2n) is 7.08. The van der Waals surface area contributed by atoms with E-state index in [1.54, 1.807) is 0 Å². The maximum Gasteiger partial charge on any atom is 0.224 e. The van der Waals surface area contributed by atoms with Gasteiger partial charge >= 0.3 is 0 Å². The molecule has 0 radical (unpaired) electrons. The van der Waals surface area contributed by atoms with Crippen LogP contribution in [-0.4, -0.2) is 49.7 Å². The topological polar surface area (TPSA) is 41.6 Å². The fraction of sp³-hybridized carbons (Fsp3) is 0.476. The summed E-state index contributed by atoms with van der Waals surface area (Å²) in [5, 5.41) is 5.50. The summed E-state index contributed by atoms with van der Waals surface area (Å²) in [6, 6.07) is 14.7. The van der Waals surface area contributed by atoms with Crippen molar-refractivity contribution in [2.24, 2.45) is 5.92 Å². The molecule has 1 aliphatic rings. The van der Waals surface area contributed by atoms with Gasteiger partial charge in [-0.1, -0.05) is 56.3 Å². The molecule has 4 nitrogen and oxygen atoms in total. The van der Waals surface area contributed by atoms with Crippen molar-refractivity contribution < 1.29 is 9.53 Å². The molecular formula is C21H28N2O2. The summed E-state index contributed by atoms with van der Waals surface area (Å²) in [5.74, 6) is 0.589. The fourth-order valence-electron chi connectivity index (χ4n) is 3.60. The first-order valence-electron chi connectivity index (χ1n) is 9.20. The minimum absolute atomic E-state index is 0.0928. The number of amides is 1. The highest BCUT2D eigenvalue weighted by atomic mass is 16.5. The summed E-state index contributed by atoms with van der Waals surface area (Å²) >= 11 is 0. The van der Waals surface area contributed by atoms with Gasteiger partial charge in [0.15, 0.2) is 0 Å². The Bertz CT molecular complexity index is 703. The first kappa shape index (κ1) is 17.9. The summed E-state index contributed by atoms with van der Waals surface area (Å²) in [6.07, 6.45) is 0.426. The largest absolute Gasteiger partial charge is 0.379 e. The average Bonchev–Trinajstić information content (AvgIpc) is 2.63. The summed E-state index contributed by atoms with van der Waals surface area (Å²) in [7, 11) is 0. The number of carbonyl (C=O) groups excluding carboxylic acids is 1. The lowest BCUT2D eigenvalue weighted by Gasteiger charge is -2.36. The highest BCUT2D eigenvalue weighted by Crippen LogP contribution is 2.19. The number of benzene rings is 2. The van der Waals surface area contributed by atoms with Gasteiger partial charge in [0.2, 0.25) is 5.91 Å². The molecule has 1 saturated heterocycles. The van der Waals surface area contributed by atoms with Crippen molar-refractivity contribution in [3.63, 3.8) is 0 Å². The fourth-order valence-corrected chi connectivity index (χ4v) is 3.60. The molecule has 4 heteroatoms. The lowest BCUT2D eigenvalue weighted by Crippen LogP contribution is -2.51. The minimum atomic E-state index is 0.0928. The van der Waals surface area contributed by atoms with Gasteiger partial charge in [0, 0.05) is 25.7 Å². The van der Waals surface area contributed by atoms with E-state index in [2.05, 4.69) is 42.3 Å². The number of carbonyl (C=O) groups is 1. The summed E-state index contributed by atoms with van der Waals surface area (Å²) in [4.78, 5) is 14.9. The molecule has 1 amide bonds. The molecular weight excluding hydrogens is 312 g/mol. The van der Waals surface area contributed by atoms with Crippen molar-refractivity contribution in [3.05, 3.63) is 48.0 Å². The van der Waals surface area contributed by atoms with Crippen LogP contribution >= 0.6 is 0 Å². The molecule has 0 bridgehead atoms. The van der Waals surface area contributed by atoms with E-state index in [-0.39, 0.29) is 5.91 Å². The number of nitrogens with zero attached hydrogens (tertiary/aromatic N) is 1. The quantitative estimate of drug-likeness (QED) is 0.879. The number of hydrogen-bond acceptors (Lipinski definition) is 3. The second kappa shape index (κ2) is 8.45. The van der Waals surface area contributed by atoms with Crippen molar-refractivity contribution in [2.45, 2.75) is 26.3 Å². The highest BCUT2D eigenvalue weighted by molar-refractivity contribution is 5.90. The Morgan fingerprint density at radius 1 is 1.12 bits per heavy atom. The molecule has 0 aliphatic carbocycles. The molecule has 1 unspecified atom stereocenters. The van der Waals surface area contributed by atoms with E-state index >= 15 is 0 Å². The minimum Gasteiger partial charge on any atom is -0.379 e. The Hall–Kier alpha value is -1.91. The van der Waals surface area contributed by atoms with Crippen LogP contribution in [0.4, 0.5) is 0 Å². The van der Waals surface area contributed by atoms with Crippen LogP contribution in [0.25, 0.3) is 10.8 Å². The maximum atomic E-state index is 12.5. The molecule has 3 rings (SSSR count). The predicted octanol–water partition coefficient (Wildman–Crippen LogP) is 2.86. The zero-order valence-electron chi connectivity index (χ0n) is 15.2. The number of rotatable bonds is 6. The van der Waals surface area contributed by atoms with E-state index < -0.39 is 0 Å². The van der Waals surface area contributed by atoms with Crippen LogP contribution in [0.15, 0.2) is 42.5 Å². The van der Waals surface area contributed by atoms with E-state index in [0.29, 0.717) is 24.9 Å². The van der Waals surface area contributed by atoms with Gasteiger partial charge in [-0.3, -0.25) is 9.69 Å². The molecule has 0 saturated carbocycles. The Labute approximate surface area is 150 Å². The molecule has 1 N–H and O–H groups in total. The number of hydrogen-bond donors (Lipinski definition) is 1. The van der Waals surface area contributed by atoms with E-state index in [0.717, 1.165) is 37.3 Å². The van der Waals surface area contributed by atoms with Crippen molar-refractivity contribution in [1.82, 2.24) is 10.2 Å². The zero-order valence-corrected chi connectivity index (χ0v) is 15.2. The third kappa shape index (κ3) is 4.59. The Balaban J connectivity index is 1.61. The Morgan fingerprint density at radius 3 is 2.60 bits per heavy atom. The predicted molar refractivity (Wildman–Crippen MR) is 102 cm³/mol. The number of morpholine rings is 1. The van der Waals surface area contributed by atoms with E-state index in [9.17, 15) is 4.79 Å². The molecule has 134 valence electrons. The molecule has 1 heterocycles. The van der Waals surface area contributed by atoms with Gasteiger partial charge in [0.1, 0.15) is 0 Å². The third-order valence-corrected chi connectivity index (χ3v) is 5.02. The van der Waals surface area contributed by atoms with Crippen LogP contribution in [-0.2, 0) is 16.0 Å². The zero-order chi connectivity index (χ0) is 17.6. The van der Waals surface area contributed by atoms with Crippen LogP contribution in [0.5, 0.6) is 0 Å². The van der Waals surface area contributed by atoms with Crippen molar-refractivity contribution >= 4 is 16.7 Å². The molecule has 0 spiro atoms. The Morgan fingerprint density at radius 2 is 1.84 bits per heavy atom. The number of ether oxygens (including phenoxy) is 1.